The third-order valence-corrected chi connectivity index (χ3v) is 5.40. The molecule has 2 fully saturated rings. The van der Waals surface area contributed by atoms with E-state index in [1.54, 1.807) is 0 Å². The Labute approximate surface area is 152 Å². The number of anilines is 1. The molecule has 0 spiro atoms. The maximum atomic E-state index is 6.08. The van der Waals surface area contributed by atoms with Gasteiger partial charge in [-0.1, -0.05) is 12.1 Å². The molecule has 0 radical (unpaired) electrons. The number of aromatic nitrogens is 3. The summed E-state index contributed by atoms with van der Waals surface area (Å²) in [6.07, 6.45) is 2.15. The molecule has 6 heteroatoms. The predicted molar refractivity (Wildman–Crippen MR) is 101 cm³/mol. The van der Waals surface area contributed by atoms with Crippen LogP contribution in [0.4, 0.5) is 5.69 Å². The largest absolute Gasteiger partial charge is 0.373 e. The van der Waals surface area contributed by atoms with Crippen molar-refractivity contribution in [2.45, 2.75) is 25.6 Å². The number of aromatic amines is 1. The second-order valence-corrected chi connectivity index (χ2v) is 7.22. The third-order valence-electron chi connectivity index (χ3n) is 5.40. The van der Waals surface area contributed by atoms with E-state index in [0.717, 1.165) is 55.3 Å². The Morgan fingerprint density at radius 3 is 3.04 bits per heavy atom. The fraction of sp³-hybridized carbons (Fsp3) is 0.400. The fourth-order valence-electron chi connectivity index (χ4n) is 4.22. The third kappa shape index (κ3) is 2.85. The van der Waals surface area contributed by atoms with Crippen molar-refractivity contribution in [2.75, 3.05) is 31.1 Å². The van der Waals surface area contributed by atoms with E-state index in [9.17, 15) is 0 Å². The van der Waals surface area contributed by atoms with Gasteiger partial charge < -0.3 is 14.6 Å². The van der Waals surface area contributed by atoms with Gasteiger partial charge in [-0.25, -0.2) is 4.98 Å². The number of para-hydroxylation sites is 2. The molecule has 0 unspecified atom stereocenters. The average Bonchev–Trinajstić information content (AvgIpc) is 3.24. The Hall–Kier alpha value is -2.44. The number of nitrogens with one attached hydrogen (secondary N) is 1. The molecule has 5 rings (SSSR count). The van der Waals surface area contributed by atoms with Gasteiger partial charge >= 0.3 is 0 Å². The lowest BCUT2D eigenvalue weighted by Crippen LogP contribution is -2.51. The summed E-state index contributed by atoms with van der Waals surface area (Å²) in [5, 5.41) is 0. The highest BCUT2D eigenvalue weighted by Crippen LogP contribution is 2.29. The Balaban J connectivity index is 1.34. The quantitative estimate of drug-likeness (QED) is 0.787. The van der Waals surface area contributed by atoms with Crippen molar-refractivity contribution in [1.82, 2.24) is 19.9 Å². The number of H-pyrrole nitrogens is 1. The molecule has 26 heavy (non-hydrogen) atoms. The van der Waals surface area contributed by atoms with E-state index in [0.29, 0.717) is 6.04 Å². The first-order chi connectivity index (χ1) is 12.8. The van der Waals surface area contributed by atoms with Crippen molar-refractivity contribution in [3.63, 3.8) is 0 Å². The number of ether oxygens (including phenoxy) is 1. The van der Waals surface area contributed by atoms with Crippen molar-refractivity contribution in [3.05, 3.63) is 54.1 Å². The van der Waals surface area contributed by atoms with E-state index in [1.807, 2.05) is 25.3 Å². The Morgan fingerprint density at radius 2 is 2.15 bits per heavy atom. The monoisotopic (exact) mass is 349 g/mol. The summed E-state index contributed by atoms with van der Waals surface area (Å²) in [6.45, 7) is 6.52. The van der Waals surface area contributed by atoms with Crippen LogP contribution in [0.3, 0.4) is 0 Å². The van der Waals surface area contributed by atoms with Gasteiger partial charge in [-0.3, -0.25) is 9.88 Å². The number of morpholine rings is 1. The molecule has 0 bridgehead atoms. The van der Waals surface area contributed by atoms with Gasteiger partial charge in [-0.15, -0.1) is 0 Å². The molecule has 134 valence electrons. The van der Waals surface area contributed by atoms with Gasteiger partial charge in [0.1, 0.15) is 5.82 Å². The molecule has 0 aliphatic carbocycles. The second-order valence-electron chi connectivity index (χ2n) is 7.22. The van der Waals surface area contributed by atoms with Crippen LogP contribution >= 0.6 is 0 Å². The molecular formula is C20H23N5O. The summed E-state index contributed by atoms with van der Waals surface area (Å²) in [5.41, 5.74) is 4.44. The van der Waals surface area contributed by atoms with Gasteiger partial charge in [0.15, 0.2) is 0 Å². The average molecular weight is 349 g/mol. The minimum absolute atomic E-state index is 0.251. The topological polar surface area (TPSA) is 57.3 Å². The first-order valence-corrected chi connectivity index (χ1v) is 9.23. The van der Waals surface area contributed by atoms with Crippen LogP contribution in [0.15, 0.2) is 42.6 Å². The van der Waals surface area contributed by atoms with E-state index >= 15 is 0 Å². The van der Waals surface area contributed by atoms with Crippen LogP contribution in [0.2, 0.25) is 0 Å². The number of pyridine rings is 1. The predicted octanol–water partition coefficient (Wildman–Crippen LogP) is 2.36. The number of hydrogen-bond acceptors (Lipinski definition) is 5. The van der Waals surface area contributed by atoms with Gasteiger partial charge in [-0.2, -0.15) is 0 Å². The fourth-order valence-corrected chi connectivity index (χ4v) is 4.22. The van der Waals surface area contributed by atoms with Crippen molar-refractivity contribution >= 4 is 16.7 Å². The molecular weight excluding hydrogens is 326 g/mol. The summed E-state index contributed by atoms with van der Waals surface area (Å²) in [5.74, 6) is 1.02. The number of hydrogen-bond donors (Lipinski definition) is 1. The lowest BCUT2D eigenvalue weighted by Gasteiger charge is -2.38. The molecule has 2 aliphatic rings. The molecule has 0 saturated carbocycles. The van der Waals surface area contributed by atoms with Crippen molar-refractivity contribution in [1.29, 1.82) is 0 Å². The van der Waals surface area contributed by atoms with Crippen molar-refractivity contribution < 1.29 is 4.74 Å². The summed E-state index contributed by atoms with van der Waals surface area (Å²) in [7, 11) is 0. The maximum absolute atomic E-state index is 6.08. The van der Waals surface area contributed by atoms with Gasteiger partial charge in [0.05, 0.1) is 36.3 Å². The molecule has 2 atom stereocenters. The minimum Gasteiger partial charge on any atom is -0.373 e. The van der Waals surface area contributed by atoms with Crippen LogP contribution in [0.25, 0.3) is 11.0 Å². The first-order valence-electron chi connectivity index (χ1n) is 9.23. The number of aryl methyl sites for hydroxylation is 1. The van der Waals surface area contributed by atoms with Crippen LogP contribution in [0.5, 0.6) is 0 Å². The highest BCUT2D eigenvalue weighted by molar-refractivity contribution is 5.74. The van der Waals surface area contributed by atoms with Crippen molar-refractivity contribution in [2.24, 2.45) is 0 Å². The number of nitrogens with zero attached hydrogens (tertiary/aromatic N) is 4. The van der Waals surface area contributed by atoms with Crippen LogP contribution in [-0.4, -0.2) is 58.2 Å². The molecule has 0 amide bonds. The molecule has 1 aromatic carbocycles. The molecule has 2 aromatic heterocycles. The first kappa shape index (κ1) is 15.8. The van der Waals surface area contributed by atoms with Gasteiger partial charge in [0.2, 0.25) is 0 Å². The zero-order chi connectivity index (χ0) is 17.5. The molecule has 3 aromatic rings. The van der Waals surface area contributed by atoms with E-state index < -0.39 is 0 Å². The van der Waals surface area contributed by atoms with E-state index in [2.05, 4.69) is 44.0 Å². The van der Waals surface area contributed by atoms with Crippen LogP contribution in [-0.2, 0) is 11.3 Å². The van der Waals surface area contributed by atoms with Gasteiger partial charge in [0.25, 0.3) is 0 Å². The smallest absolute Gasteiger partial charge is 0.121 e. The highest BCUT2D eigenvalue weighted by Gasteiger charge is 2.40. The van der Waals surface area contributed by atoms with Gasteiger partial charge in [-0.05, 0) is 31.2 Å². The molecule has 6 nitrogen and oxygen atoms in total. The lowest BCUT2D eigenvalue weighted by atomic mass is 10.1. The second kappa shape index (κ2) is 6.37. The normalized spacial score (nSPS) is 23.5. The Morgan fingerprint density at radius 1 is 1.23 bits per heavy atom. The van der Waals surface area contributed by atoms with Crippen LogP contribution < -0.4 is 4.90 Å². The minimum atomic E-state index is 0.251. The number of likely N-dealkylation sites (tertiary alicyclic amines) is 1. The van der Waals surface area contributed by atoms with Crippen LogP contribution in [0, 0.1) is 6.92 Å². The van der Waals surface area contributed by atoms with E-state index in [1.165, 1.54) is 5.69 Å². The maximum Gasteiger partial charge on any atom is 0.121 e. The number of rotatable bonds is 3. The SMILES string of the molecule is Cc1cc(N2CCO[C@H]3CN(Cc4nc5ccccc5[nH]4)C[C@@H]32)ccn1. The van der Waals surface area contributed by atoms with E-state index in [4.69, 9.17) is 9.72 Å². The summed E-state index contributed by atoms with van der Waals surface area (Å²) >= 11 is 0. The summed E-state index contributed by atoms with van der Waals surface area (Å²) < 4.78 is 6.08. The number of imidazole rings is 1. The number of benzene rings is 1. The molecule has 2 aliphatic heterocycles. The van der Waals surface area contributed by atoms with E-state index in [-0.39, 0.29) is 6.10 Å². The molecule has 1 N–H and O–H groups in total. The summed E-state index contributed by atoms with van der Waals surface area (Å²) in [4.78, 5) is 17.4. The summed E-state index contributed by atoms with van der Waals surface area (Å²) in [6, 6.07) is 12.9. The Bertz CT molecular complexity index is 890. The Kier molecular flexibility index (Phi) is 3.87. The highest BCUT2D eigenvalue weighted by atomic mass is 16.5. The zero-order valence-corrected chi connectivity index (χ0v) is 14.9. The van der Waals surface area contributed by atoms with Gasteiger partial charge in [0, 0.05) is 37.2 Å². The van der Waals surface area contributed by atoms with Crippen LogP contribution in [0.1, 0.15) is 11.5 Å². The zero-order valence-electron chi connectivity index (χ0n) is 14.9. The number of fused-ring (bicyclic) bond motifs is 2. The standard InChI is InChI=1S/C20H23N5O/c1-14-10-15(6-7-21-14)25-8-9-26-19-12-24(11-18(19)25)13-20-22-16-4-2-3-5-17(16)23-20/h2-7,10,18-19H,8-9,11-13H2,1H3,(H,22,23)/t18-,19-/m0/s1. The lowest BCUT2D eigenvalue weighted by molar-refractivity contribution is 0.0305. The van der Waals surface area contributed by atoms with Crippen molar-refractivity contribution in [3.8, 4) is 0 Å². The molecule has 2 saturated heterocycles. The molecule has 4 heterocycles.